The van der Waals surface area contributed by atoms with E-state index >= 15 is 0 Å². The fraction of sp³-hybridized carbons (Fsp3) is 0.591. The maximum atomic E-state index is 12.3. The zero-order chi connectivity index (χ0) is 18.9. The van der Waals surface area contributed by atoms with Gasteiger partial charge in [0.1, 0.15) is 5.75 Å². The minimum atomic E-state index is 0. The molecular weight excluding hydrogens is 392 g/mol. The molecule has 0 radical (unpaired) electrons. The van der Waals surface area contributed by atoms with Crippen LogP contribution in [0.15, 0.2) is 23.0 Å². The van der Waals surface area contributed by atoms with Crippen LogP contribution in [0.2, 0.25) is 0 Å². The van der Waals surface area contributed by atoms with E-state index in [0.717, 1.165) is 46.7 Å². The third-order valence-corrected chi connectivity index (χ3v) is 6.66. The zero-order valence-corrected chi connectivity index (χ0v) is 18.5. The summed E-state index contributed by atoms with van der Waals surface area (Å²) in [5.74, 6) is 2.80. The molecular formula is C22H31ClN2O2S. The molecule has 0 unspecified atom stereocenters. The van der Waals surface area contributed by atoms with Crippen molar-refractivity contribution < 1.29 is 4.74 Å². The Hall–Kier alpha value is -1.17. The van der Waals surface area contributed by atoms with Gasteiger partial charge in [0.2, 0.25) is 0 Å². The third-order valence-electron chi connectivity index (χ3n) is 5.68. The van der Waals surface area contributed by atoms with Crippen LogP contribution >= 0.6 is 24.2 Å². The van der Waals surface area contributed by atoms with E-state index in [-0.39, 0.29) is 23.4 Å². The molecule has 1 aromatic heterocycles. The van der Waals surface area contributed by atoms with E-state index in [4.69, 9.17) is 4.74 Å². The van der Waals surface area contributed by atoms with Crippen LogP contribution in [-0.2, 0) is 12.2 Å². The van der Waals surface area contributed by atoms with Crippen LogP contribution in [0, 0.1) is 5.41 Å². The molecule has 6 heteroatoms. The number of aryl methyl sites for hydroxylation is 1. The molecule has 154 valence electrons. The van der Waals surface area contributed by atoms with Crippen molar-refractivity contribution in [2.45, 2.75) is 45.3 Å². The summed E-state index contributed by atoms with van der Waals surface area (Å²) in [6, 6.07) is 6.10. The topological polar surface area (TPSA) is 45.3 Å². The molecule has 4 nitrogen and oxygen atoms in total. The number of hydrogen-bond donors (Lipinski definition) is 1. The Balaban J connectivity index is 0.00000225. The Bertz CT molecular complexity index is 875. The lowest BCUT2D eigenvalue weighted by Gasteiger charge is -2.34. The van der Waals surface area contributed by atoms with Crippen LogP contribution in [0.25, 0.3) is 10.9 Å². The smallest absolute Gasteiger partial charge is 0.252 e. The average Bonchev–Trinajstić information content (AvgIpc) is 2.67. The van der Waals surface area contributed by atoms with E-state index in [1.54, 1.807) is 0 Å². The number of thioether (sulfide) groups is 1. The maximum Gasteiger partial charge on any atom is 0.252 e. The average molecular weight is 423 g/mol. The molecule has 2 aliphatic heterocycles. The number of H-pyrrole nitrogens is 1. The summed E-state index contributed by atoms with van der Waals surface area (Å²) >= 11 is 1.84. The molecule has 1 aromatic carbocycles. The first-order valence-electron chi connectivity index (χ1n) is 10.1. The number of piperidine rings is 1. The largest absolute Gasteiger partial charge is 0.493 e. The summed E-state index contributed by atoms with van der Waals surface area (Å²) in [7, 11) is 0. The van der Waals surface area contributed by atoms with Crippen LogP contribution < -0.4 is 10.3 Å². The number of pyridine rings is 1. The van der Waals surface area contributed by atoms with E-state index in [9.17, 15) is 4.79 Å². The van der Waals surface area contributed by atoms with E-state index < -0.39 is 0 Å². The molecule has 1 N–H and O–H groups in total. The first-order valence-corrected chi connectivity index (χ1v) is 11.3. The summed E-state index contributed by atoms with van der Waals surface area (Å²) in [6.07, 6.45) is 4.98. The molecule has 2 aromatic rings. The van der Waals surface area contributed by atoms with E-state index in [2.05, 4.69) is 29.8 Å². The lowest BCUT2D eigenvalue weighted by atomic mass is 9.93. The highest BCUT2D eigenvalue weighted by Gasteiger charge is 2.24. The van der Waals surface area contributed by atoms with Crippen molar-refractivity contribution in [1.82, 2.24) is 9.88 Å². The maximum absolute atomic E-state index is 12.3. The molecule has 0 saturated carbocycles. The minimum absolute atomic E-state index is 0. The molecule has 28 heavy (non-hydrogen) atoms. The van der Waals surface area contributed by atoms with Crippen LogP contribution in [0.1, 0.15) is 44.2 Å². The Labute approximate surface area is 177 Å². The van der Waals surface area contributed by atoms with Crippen molar-refractivity contribution in [3.63, 3.8) is 0 Å². The molecule has 4 rings (SSSR count). The molecule has 0 bridgehead atoms. The second kappa shape index (κ2) is 9.10. The standard InChI is InChI=1S/C22H30N2O2S.ClH/c1-22(2,14-24-9-4-3-5-10-24)15-26-16-6-7-20-18(12-16)17-8-11-27-13-19(17)21(25)23-20;/h6-7,12H,3-5,8-11,13-15H2,1-2H3,(H,23,25);1H. The number of ether oxygens (including phenoxy) is 1. The van der Waals surface area contributed by atoms with Gasteiger partial charge in [-0.25, -0.2) is 0 Å². The van der Waals surface area contributed by atoms with Crippen molar-refractivity contribution in [2.75, 3.05) is 32.0 Å². The lowest BCUT2D eigenvalue weighted by Crippen LogP contribution is -2.40. The minimum Gasteiger partial charge on any atom is -0.493 e. The van der Waals surface area contributed by atoms with Gasteiger partial charge in [-0.3, -0.25) is 4.79 Å². The number of rotatable bonds is 5. The van der Waals surface area contributed by atoms with Crippen molar-refractivity contribution in [3.05, 3.63) is 39.7 Å². The van der Waals surface area contributed by atoms with Gasteiger partial charge in [0.05, 0.1) is 6.61 Å². The number of likely N-dealkylation sites (tertiary alicyclic amines) is 1. The quantitative estimate of drug-likeness (QED) is 0.762. The van der Waals surface area contributed by atoms with Gasteiger partial charge in [0.25, 0.3) is 5.56 Å². The highest BCUT2D eigenvalue weighted by atomic mass is 35.5. The summed E-state index contributed by atoms with van der Waals surface area (Å²) < 4.78 is 6.22. The van der Waals surface area contributed by atoms with Gasteiger partial charge < -0.3 is 14.6 Å². The second-order valence-electron chi connectivity index (χ2n) is 8.71. The van der Waals surface area contributed by atoms with Gasteiger partial charge in [-0.1, -0.05) is 20.3 Å². The number of nitrogens with zero attached hydrogens (tertiary/aromatic N) is 1. The molecule has 0 aliphatic carbocycles. The molecule has 1 saturated heterocycles. The fourth-order valence-electron chi connectivity index (χ4n) is 4.30. The monoisotopic (exact) mass is 422 g/mol. The summed E-state index contributed by atoms with van der Waals surface area (Å²) in [4.78, 5) is 17.9. The summed E-state index contributed by atoms with van der Waals surface area (Å²) in [5, 5.41) is 1.15. The molecule has 0 atom stereocenters. The molecule has 1 fully saturated rings. The van der Waals surface area contributed by atoms with E-state index in [0.29, 0.717) is 6.61 Å². The van der Waals surface area contributed by atoms with Gasteiger partial charge in [-0.15, -0.1) is 12.4 Å². The van der Waals surface area contributed by atoms with Crippen LogP contribution in [0.5, 0.6) is 5.75 Å². The first-order chi connectivity index (χ1) is 13.0. The molecule has 0 spiro atoms. The van der Waals surface area contributed by atoms with E-state index in [1.165, 1.54) is 37.9 Å². The highest BCUT2D eigenvalue weighted by Crippen LogP contribution is 2.30. The molecule has 3 heterocycles. The number of hydrogen-bond acceptors (Lipinski definition) is 4. The van der Waals surface area contributed by atoms with Gasteiger partial charge in [-0.2, -0.15) is 11.8 Å². The predicted molar refractivity (Wildman–Crippen MR) is 121 cm³/mol. The van der Waals surface area contributed by atoms with Crippen LogP contribution in [-0.4, -0.2) is 41.9 Å². The number of nitrogens with one attached hydrogen (secondary N) is 1. The van der Waals surface area contributed by atoms with Gasteiger partial charge in [0, 0.05) is 34.2 Å². The van der Waals surface area contributed by atoms with Gasteiger partial charge in [-0.05, 0) is 61.9 Å². The lowest BCUT2D eigenvalue weighted by molar-refractivity contribution is 0.103. The number of aromatic amines is 1. The molecule has 2 aliphatic rings. The van der Waals surface area contributed by atoms with Crippen LogP contribution in [0.3, 0.4) is 0 Å². The van der Waals surface area contributed by atoms with Crippen molar-refractivity contribution in [2.24, 2.45) is 5.41 Å². The Morgan fingerprint density at radius 3 is 2.75 bits per heavy atom. The number of fused-ring (bicyclic) bond motifs is 3. The predicted octanol–water partition coefficient (Wildman–Crippen LogP) is 4.63. The van der Waals surface area contributed by atoms with Crippen molar-refractivity contribution in [1.29, 1.82) is 0 Å². The first kappa shape index (κ1) is 21.5. The Kier molecular flexibility index (Phi) is 7.00. The van der Waals surface area contributed by atoms with Gasteiger partial charge >= 0.3 is 0 Å². The fourth-order valence-corrected chi connectivity index (χ4v) is 5.31. The summed E-state index contributed by atoms with van der Waals surface area (Å²) in [6.45, 7) is 8.81. The van der Waals surface area contributed by atoms with Crippen molar-refractivity contribution in [3.8, 4) is 5.75 Å². The van der Waals surface area contributed by atoms with Crippen LogP contribution in [0.4, 0.5) is 0 Å². The van der Waals surface area contributed by atoms with E-state index in [1.807, 2.05) is 23.9 Å². The van der Waals surface area contributed by atoms with Crippen molar-refractivity contribution >= 4 is 35.1 Å². The number of halogens is 1. The number of aromatic nitrogens is 1. The number of benzene rings is 1. The second-order valence-corrected chi connectivity index (χ2v) is 9.82. The highest BCUT2D eigenvalue weighted by molar-refractivity contribution is 7.98. The summed E-state index contributed by atoms with van der Waals surface area (Å²) in [5.41, 5.74) is 3.27. The Morgan fingerprint density at radius 1 is 1.18 bits per heavy atom. The SMILES string of the molecule is CC(C)(COc1ccc2[nH]c(=O)c3c(c2c1)CCSC3)CN1CCCCC1.Cl. The third kappa shape index (κ3) is 4.87. The normalized spacial score (nSPS) is 17.8. The molecule has 0 amide bonds. The van der Waals surface area contributed by atoms with Gasteiger partial charge in [0.15, 0.2) is 0 Å². The Morgan fingerprint density at radius 2 is 1.96 bits per heavy atom. The zero-order valence-electron chi connectivity index (χ0n) is 16.9.